The molecule has 6 nitrogen and oxygen atoms in total. The molecule has 1 saturated heterocycles. The van der Waals surface area contributed by atoms with Crippen LogP contribution in [0.15, 0.2) is 35.0 Å². The van der Waals surface area contributed by atoms with Crippen LogP contribution in [0.3, 0.4) is 0 Å². The molecule has 3 aromatic rings. The Bertz CT molecular complexity index is 1000. The van der Waals surface area contributed by atoms with Gasteiger partial charge in [-0.3, -0.25) is 4.79 Å². The van der Waals surface area contributed by atoms with Gasteiger partial charge in [-0.15, -0.1) is 0 Å². The molecular weight excluding hydrogens is 364 g/mol. The number of aryl methyl sites for hydroxylation is 3. The maximum Gasteiger partial charge on any atom is 0.231 e. The van der Waals surface area contributed by atoms with Crippen LogP contribution in [0.25, 0.3) is 11.1 Å². The number of nitrogens with one attached hydrogen (secondary N) is 1. The maximum atomic E-state index is 12.6. The average Bonchev–Trinajstić information content (AvgIpc) is 3.03. The first-order valence-corrected chi connectivity index (χ1v) is 10.3. The number of carbonyl (C=O) groups is 1. The van der Waals surface area contributed by atoms with Crippen molar-refractivity contribution < 1.29 is 9.21 Å². The lowest BCUT2D eigenvalue weighted by atomic mass is 9.95. The Labute approximate surface area is 171 Å². The smallest absolute Gasteiger partial charge is 0.231 e. The van der Waals surface area contributed by atoms with Crippen molar-refractivity contribution in [2.75, 3.05) is 24.5 Å². The fourth-order valence-corrected chi connectivity index (χ4v) is 3.99. The van der Waals surface area contributed by atoms with Crippen LogP contribution < -0.4 is 10.2 Å². The monoisotopic (exact) mass is 392 g/mol. The Morgan fingerprint density at radius 1 is 1.14 bits per heavy atom. The third kappa shape index (κ3) is 4.11. The molecule has 1 aromatic carbocycles. The van der Waals surface area contributed by atoms with E-state index in [2.05, 4.69) is 51.4 Å². The van der Waals surface area contributed by atoms with E-state index in [4.69, 9.17) is 4.42 Å². The van der Waals surface area contributed by atoms with Crippen molar-refractivity contribution in [1.29, 1.82) is 0 Å². The number of furan rings is 1. The number of benzene rings is 1. The molecule has 1 N–H and O–H groups in total. The Kier molecular flexibility index (Phi) is 5.51. The van der Waals surface area contributed by atoms with Gasteiger partial charge >= 0.3 is 0 Å². The van der Waals surface area contributed by atoms with E-state index >= 15 is 0 Å². The molecule has 0 aliphatic carbocycles. The molecule has 0 spiro atoms. The van der Waals surface area contributed by atoms with Gasteiger partial charge in [0.25, 0.3) is 0 Å². The summed E-state index contributed by atoms with van der Waals surface area (Å²) in [6, 6.07) is 8.48. The second-order valence-electron chi connectivity index (χ2n) is 7.95. The van der Waals surface area contributed by atoms with Gasteiger partial charge in [0.1, 0.15) is 17.9 Å². The van der Waals surface area contributed by atoms with Gasteiger partial charge in [-0.25, -0.2) is 9.97 Å². The molecule has 0 saturated carbocycles. The third-order valence-electron chi connectivity index (χ3n) is 5.94. The van der Waals surface area contributed by atoms with Crippen LogP contribution >= 0.6 is 0 Å². The molecule has 29 heavy (non-hydrogen) atoms. The summed E-state index contributed by atoms with van der Waals surface area (Å²) in [7, 11) is 0. The highest BCUT2D eigenvalue weighted by Crippen LogP contribution is 2.32. The SMILES string of the molecule is Cc1ccc(CCNC(=O)C2CCN(c3ncnc4oc(C)c(C)c34)CC2)cc1. The summed E-state index contributed by atoms with van der Waals surface area (Å²) in [5.74, 6) is 2.03. The Morgan fingerprint density at radius 2 is 1.86 bits per heavy atom. The number of hydrogen-bond acceptors (Lipinski definition) is 5. The topological polar surface area (TPSA) is 71.3 Å². The van der Waals surface area contributed by atoms with Gasteiger partial charge in [-0.05, 0) is 45.6 Å². The summed E-state index contributed by atoms with van der Waals surface area (Å²) in [6.07, 6.45) is 4.09. The molecule has 0 radical (unpaired) electrons. The molecule has 0 unspecified atom stereocenters. The number of aromatic nitrogens is 2. The van der Waals surface area contributed by atoms with Crippen LogP contribution in [0.2, 0.25) is 0 Å². The molecule has 152 valence electrons. The molecule has 1 aliphatic rings. The quantitative estimate of drug-likeness (QED) is 0.716. The molecule has 1 fully saturated rings. The molecule has 4 rings (SSSR count). The van der Waals surface area contributed by atoms with E-state index in [0.717, 1.165) is 54.9 Å². The van der Waals surface area contributed by atoms with Crippen molar-refractivity contribution in [2.24, 2.45) is 5.92 Å². The number of amides is 1. The fourth-order valence-electron chi connectivity index (χ4n) is 3.99. The van der Waals surface area contributed by atoms with Gasteiger partial charge in [0.05, 0.1) is 5.39 Å². The second kappa shape index (κ2) is 8.23. The standard InChI is InChI=1S/C23H28N4O2/c1-15-4-6-18(7-5-15)8-11-24-22(28)19-9-12-27(13-10-19)21-20-16(2)17(3)29-23(20)26-14-25-21/h4-7,14,19H,8-13H2,1-3H3,(H,24,28). The summed E-state index contributed by atoms with van der Waals surface area (Å²) in [6.45, 7) is 8.38. The van der Waals surface area contributed by atoms with Gasteiger partial charge < -0.3 is 14.6 Å². The maximum absolute atomic E-state index is 12.6. The van der Waals surface area contributed by atoms with Gasteiger partial charge in [0.15, 0.2) is 0 Å². The minimum atomic E-state index is 0.0637. The molecule has 6 heteroatoms. The molecular formula is C23H28N4O2. The zero-order valence-corrected chi connectivity index (χ0v) is 17.4. The molecule has 1 aliphatic heterocycles. The van der Waals surface area contributed by atoms with E-state index in [9.17, 15) is 4.79 Å². The fraction of sp³-hybridized carbons (Fsp3) is 0.435. The van der Waals surface area contributed by atoms with Crippen molar-refractivity contribution >= 4 is 22.8 Å². The summed E-state index contributed by atoms with van der Waals surface area (Å²) in [4.78, 5) is 23.6. The van der Waals surface area contributed by atoms with Gasteiger partial charge in [-0.1, -0.05) is 29.8 Å². The number of piperidine rings is 1. The highest BCUT2D eigenvalue weighted by molar-refractivity contribution is 5.90. The van der Waals surface area contributed by atoms with Crippen molar-refractivity contribution in [3.63, 3.8) is 0 Å². The van der Waals surface area contributed by atoms with Gasteiger partial charge in [0.2, 0.25) is 11.6 Å². The van der Waals surface area contributed by atoms with E-state index in [1.54, 1.807) is 6.33 Å². The summed E-state index contributed by atoms with van der Waals surface area (Å²) in [5, 5.41) is 4.11. The third-order valence-corrected chi connectivity index (χ3v) is 5.94. The van der Waals surface area contributed by atoms with E-state index < -0.39 is 0 Å². The van der Waals surface area contributed by atoms with Crippen molar-refractivity contribution in [3.05, 3.63) is 53.0 Å². The van der Waals surface area contributed by atoms with Crippen LogP contribution in [-0.4, -0.2) is 35.5 Å². The summed E-state index contributed by atoms with van der Waals surface area (Å²) in [5.41, 5.74) is 4.24. The van der Waals surface area contributed by atoms with E-state index in [-0.39, 0.29) is 11.8 Å². The molecule has 2 aromatic heterocycles. The molecule has 3 heterocycles. The summed E-state index contributed by atoms with van der Waals surface area (Å²) < 4.78 is 5.73. The highest BCUT2D eigenvalue weighted by Gasteiger charge is 2.27. The lowest BCUT2D eigenvalue weighted by Gasteiger charge is -2.32. The lowest BCUT2D eigenvalue weighted by molar-refractivity contribution is -0.125. The summed E-state index contributed by atoms with van der Waals surface area (Å²) >= 11 is 0. The lowest BCUT2D eigenvalue weighted by Crippen LogP contribution is -2.41. The minimum absolute atomic E-state index is 0.0637. The largest absolute Gasteiger partial charge is 0.443 e. The van der Waals surface area contributed by atoms with Crippen LogP contribution in [0.5, 0.6) is 0 Å². The van der Waals surface area contributed by atoms with Crippen molar-refractivity contribution in [3.8, 4) is 0 Å². The molecule has 1 amide bonds. The predicted molar refractivity (Wildman–Crippen MR) is 114 cm³/mol. The normalized spacial score (nSPS) is 15.1. The number of anilines is 1. The second-order valence-corrected chi connectivity index (χ2v) is 7.95. The molecule has 0 bridgehead atoms. The minimum Gasteiger partial charge on any atom is -0.443 e. The van der Waals surface area contributed by atoms with Crippen LogP contribution in [0.4, 0.5) is 5.82 Å². The van der Waals surface area contributed by atoms with E-state index in [1.165, 1.54) is 11.1 Å². The highest BCUT2D eigenvalue weighted by atomic mass is 16.3. The Morgan fingerprint density at radius 3 is 2.59 bits per heavy atom. The Hall–Kier alpha value is -2.89. The number of carbonyl (C=O) groups excluding carboxylic acids is 1. The zero-order valence-electron chi connectivity index (χ0n) is 17.4. The van der Waals surface area contributed by atoms with Crippen molar-refractivity contribution in [1.82, 2.24) is 15.3 Å². The number of rotatable bonds is 5. The predicted octanol–water partition coefficient (Wildman–Crippen LogP) is 3.72. The van der Waals surface area contributed by atoms with Crippen molar-refractivity contribution in [2.45, 2.75) is 40.0 Å². The number of hydrogen-bond donors (Lipinski definition) is 1. The van der Waals surface area contributed by atoms with Crippen LogP contribution in [0.1, 0.15) is 35.3 Å². The van der Waals surface area contributed by atoms with Crippen LogP contribution in [0, 0.1) is 26.7 Å². The Balaban J connectivity index is 1.32. The van der Waals surface area contributed by atoms with Gasteiger partial charge in [-0.2, -0.15) is 0 Å². The van der Waals surface area contributed by atoms with E-state index in [1.807, 2.05) is 13.8 Å². The van der Waals surface area contributed by atoms with Crippen LogP contribution in [-0.2, 0) is 11.2 Å². The first-order chi connectivity index (χ1) is 14.0. The zero-order chi connectivity index (χ0) is 20.4. The average molecular weight is 393 g/mol. The van der Waals surface area contributed by atoms with E-state index in [0.29, 0.717) is 12.3 Å². The number of fused-ring (bicyclic) bond motifs is 1. The first-order valence-electron chi connectivity index (χ1n) is 10.3. The first kappa shape index (κ1) is 19.4. The van der Waals surface area contributed by atoms with Gasteiger partial charge in [0, 0.05) is 31.1 Å². The number of nitrogens with zero attached hydrogens (tertiary/aromatic N) is 3. The molecule has 0 atom stereocenters.